The van der Waals surface area contributed by atoms with Gasteiger partial charge in [-0.05, 0) is 26.8 Å². The maximum absolute atomic E-state index is 5.90. The van der Waals surface area contributed by atoms with Gasteiger partial charge in [-0.15, -0.1) is 0 Å². The van der Waals surface area contributed by atoms with Gasteiger partial charge in [0.15, 0.2) is 11.5 Å². The summed E-state index contributed by atoms with van der Waals surface area (Å²) in [6.45, 7) is 8.71. The first-order valence-corrected chi connectivity index (χ1v) is 7.01. The molecule has 1 aromatic heterocycles. The summed E-state index contributed by atoms with van der Waals surface area (Å²) < 4.78 is 10.8. The Kier molecular flexibility index (Phi) is 6.23. The van der Waals surface area contributed by atoms with Crippen LogP contribution in [0.2, 0.25) is 0 Å². The molecule has 5 nitrogen and oxygen atoms in total. The molecule has 0 bridgehead atoms. The van der Waals surface area contributed by atoms with Gasteiger partial charge in [-0.1, -0.05) is 6.92 Å². The normalized spacial score (nSPS) is 11.8. The van der Waals surface area contributed by atoms with E-state index in [2.05, 4.69) is 30.7 Å². The molecule has 1 rings (SSSR count). The second-order valence-corrected chi connectivity index (χ2v) is 5.43. The molecular formula is C15H27N3O2. The van der Waals surface area contributed by atoms with Crippen LogP contribution in [0.15, 0.2) is 12.3 Å². The number of nitrogens with zero attached hydrogens (tertiary/aromatic N) is 2. The summed E-state index contributed by atoms with van der Waals surface area (Å²) in [5.74, 6) is 1.41. The standard InChI is InChI=1S/C15H27N3O2/c1-6-9-18(15(2,3)11-16)10-12-14(20-5)13(19-4)7-8-17-12/h7-8H,6,9-11,16H2,1-5H3. The Labute approximate surface area is 122 Å². The molecular weight excluding hydrogens is 254 g/mol. The quantitative estimate of drug-likeness (QED) is 0.790. The smallest absolute Gasteiger partial charge is 0.183 e. The first-order valence-electron chi connectivity index (χ1n) is 7.01. The third-order valence-electron chi connectivity index (χ3n) is 3.56. The summed E-state index contributed by atoms with van der Waals surface area (Å²) in [6.07, 6.45) is 2.81. The summed E-state index contributed by atoms with van der Waals surface area (Å²) in [4.78, 5) is 6.77. The van der Waals surface area contributed by atoms with Crippen LogP contribution in [0.1, 0.15) is 32.9 Å². The van der Waals surface area contributed by atoms with Gasteiger partial charge in [0, 0.05) is 30.9 Å². The zero-order valence-electron chi connectivity index (χ0n) is 13.3. The van der Waals surface area contributed by atoms with Crippen molar-refractivity contribution in [3.8, 4) is 11.5 Å². The Hall–Kier alpha value is -1.33. The molecule has 2 N–H and O–H groups in total. The Balaban J connectivity index is 3.05. The molecule has 0 aliphatic rings. The van der Waals surface area contributed by atoms with Gasteiger partial charge in [0.05, 0.1) is 14.2 Å². The number of aromatic nitrogens is 1. The number of hydrogen-bond donors (Lipinski definition) is 1. The fraction of sp³-hybridized carbons (Fsp3) is 0.667. The van der Waals surface area contributed by atoms with E-state index in [1.807, 2.05) is 0 Å². The van der Waals surface area contributed by atoms with E-state index in [1.165, 1.54) is 0 Å². The highest BCUT2D eigenvalue weighted by molar-refractivity contribution is 5.42. The molecule has 0 fully saturated rings. The van der Waals surface area contributed by atoms with Crippen LogP contribution in [-0.2, 0) is 6.54 Å². The van der Waals surface area contributed by atoms with Crippen LogP contribution in [0, 0.1) is 0 Å². The molecule has 0 radical (unpaired) electrons. The van der Waals surface area contributed by atoms with Crippen LogP contribution in [0.4, 0.5) is 0 Å². The number of ether oxygens (including phenoxy) is 2. The zero-order chi connectivity index (χ0) is 15.2. The second-order valence-electron chi connectivity index (χ2n) is 5.43. The number of rotatable bonds is 8. The maximum atomic E-state index is 5.90. The van der Waals surface area contributed by atoms with Gasteiger partial charge in [0.1, 0.15) is 5.69 Å². The summed E-state index contributed by atoms with van der Waals surface area (Å²) in [7, 11) is 3.27. The number of hydrogen-bond acceptors (Lipinski definition) is 5. The van der Waals surface area contributed by atoms with Gasteiger partial charge < -0.3 is 15.2 Å². The van der Waals surface area contributed by atoms with Crippen LogP contribution in [0.5, 0.6) is 11.5 Å². The first-order chi connectivity index (χ1) is 9.50. The molecule has 0 saturated carbocycles. The zero-order valence-corrected chi connectivity index (χ0v) is 13.3. The van der Waals surface area contributed by atoms with Crippen molar-refractivity contribution in [3.05, 3.63) is 18.0 Å². The topological polar surface area (TPSA) is 60.6 Å². The highest BCUT2D eigenvalue weighted by atomic mass is 16.5. The van der Waals surface area contributed by atoms with Crippen molar-refractivity contribution in [1.82, 2.24) is 9.88 Å². The Morgan fingerprint density at radius 1 is 1.30 bits per heavy atom. The number of pyridine rings is 1. The van der Waals surface area contributed by atoms with E-state index in [4.69, 9.17) is 15.2 Å². The predicted octanol–water partition coefficient (Wildman–Crippen LogP) is 2.05. The minimum Gasteiger partial charge on any atom is -0.493 e. The van der Waals surface area contributed by atoms with Crippen LogP contribution in [0.3, 0.4) is 0 Å². The van der Waals surface area contributed by atoms with Gasteiger partial charge in [0.2, 0.25) is 0 Å². The highest BCUT2D eigenvalue weighted by Gasteiger charge is 2.26. The Morgan fingerprint density at radius 2 is 2.00 bits per heavy atom. The number of nitrogens with two attached hydrogens (primary N) is 1. The van der Waals surface area contributed by atoms with Crippen LogP contribution < -0.4 is 15.2 Å². The summed E-state index contributed by atoms with van der Waals surface area (Å²) in [5.41, 5.74) is 6.70. The van der Waals surface area contributed by atoms with E-state index in [1.54, 1.807) is 26.5 Å². The summed E-state index contributed by atoms with van der Waals surface area (Å²) >= 11 is 0. The van der Waals surface area contributed by atoms with E-state index >= 15 is 0 Å². The molecule has 0 unspecified atom stereocenters. The van der Waals surface area contributed by atoms with E-state index in [0.717, 1.165) is 18.7 Å². The molecule has 0 aliphatic carbocycles. The van der Waals surface area contributed by atoms with Gasteiger partial charge in [-0.2, -0.15) is 0 Å². The van der Waals surface area contributed by atoms with E-state index in [-0.39, 0.29) is 5.54 Å². The van der Waals surface area contributed by atoms with E-state index in [9.17, 15) is 0 Å². The molecule has 1 heterocycles. The maximum Gasteiger partial charge on any atom is 0.183 e. The van der Waals surface area contributed by atoms with Gasteiger partial charge in [0.25, 0.3) is 0 Å². The molecule has 0 amide bonds. The molecule has 20 heavy (non-hydrogen) atoms. The monoisotopic (exact) mass is 281 g/mol. The molecule has 5 heteroatoms. The Bertz CT molecular complexity index is 422. The summed E-state index contributed by atoms with van der Waals surface area (Å²) in [5, 5.41) is 0. The van der Waals surface area contributed by atoms with Crippen LogP contribution in [0.25, 0.3) is 0 Å². The molecule has 0 spiro atoms. The largest absolute Gasteiger partial charge is 0.493 e. The SMILES string of the molecule is CCCN(Cc1nccc(OC)c1OC)C(C)(C)CN. The van der Waals surface area contributed by atoms with E-state index < -0.39 is 0 Å². The first kappa shape index (κ1) is 16.7. The van der Waals surface area contributed by atoms with Crippen LogP contribution >= 0.6 is 0 Å². The summed E-state index contributed by atoms with van der Waals surface area (Å²) in [6, 6.07) is 1.81. The lowest BCUT2D eigenvalue weighted by molar-refractivity contribution is 0.115. The lowest BCUT2D eigenvalue weighted by Gasteiger charge is -2.37. The van der Waals surface area contributed by atoms with Crippen LogP contribution in [-0.4, -0.2) is 42.7 Å². The van der Waals surface area contributed by atoms with Gasteiger partial charge in [-0.3, -0.25) is 9.88 Å². The molecule has 0 aromatic carbocycles. The molecule has 0 aliphatic heterocycles. The van der Waals surface area contributed by atoms with Crippen molar-refractivity contribution in [2.75, 3.05) is 27.3 Å². The lowest BCUT2D eigenvalue weighted by Crippen LogP contribution is -2.49. The lowest BCUT2D eigenvalue weighted by atomic mass is 10.0. The number of methoxy groups -OCH3 is 2. The van der Waals surface area contributed by atoms with Crippen molar-refractivity contribution in [2.45, 2.75) is 39.3 Å². The van der Waals surface area contributed by atoms with Crippen molar-refractivity contribution in [3.63, 3.8) is 0 Å². The average molecular weight is 281 g/mol. The third-order valence-corrected chi connectivity index (χ3v) is 3.56. The predicted molar refractivity (Wildman–Crippen MR) is 81.2 cm³/mol. The average Bonchev–Trinajstić information content (AvgIpc) is 2.46. The Morgan fingerprint density at radius 3 is 2.50 bits per heavy atom. The fourth-order valence-corrected chi connectivity index (χ4v) is 2.14. The van der Waals surface area contributed by atoms with E-state index in [0.29, 0.717) is 24.6 Å². The molecule has 114 valence electrons. The molecule has 1 aromatic rings. The molecule has 0 saturated heterocycles. The minimum atomic E-state index is -0.0776. The third kappa shape index (κ3) is 3.84. The minimum absolute atomic E-state index is 0.0776. The van der Waals surface area contributed by atoms with Crippen molar-refractivity contribution in [1.29, 1.82) is 0 Å². The van der Waals surface area contributed by atoms with Crippen molar-refractivity contribution < 1.29 is 9.47 Å². The van der Waals surface area contributed by atoms with Crippen molar-refractivity contribution in [2.24, 2.45) is 5.73 Å². The highest BCUT2D eigenvalue weighted by Crippen LogP contribution is 2.31. The molecule has 0 atom stereocenters. The van der Waals surface area contributed by atoms with Crippen molar-refractivity contribution >= 4 is 0 Å². The van der Waals surface area contributed by atoms with Gasteiger partial charge >= 0.3 is 0 Å². The second kappa shape index (κ2) is 7.45. The van der Waals surface area contributed by atoms with Gasteiger partial charge in [-0.25, -0.2) is 0 Å². The fourth-order valence-electron chi connectivity index (χ4n) is 2.14.